The number of hydrogen-bond donors (Lipinski definition) is 2. The third-order valence-corrected chi connectivity index (χ3v) is 1.11. The van der Waals surface area contributed by atoms with Crippen LogP contribution in [0.15, 0.2) is 0 Å². The van der Waals surface area contributed by atoms with E-state index in [-0.39, 0.29) is 6.54 Å². The summed E-state index contributed by atoms with van der Waals surface area (Å²) < 4.78 is 13.8. The van der Waals surface area contributed by atoms with Crippen LogP contribution < -0.4 is 0 Å². The third-order valence-electron chi connectivity index (χ3n) is 0.666. The summed E-state index contributed by atoms with van der Waals surface area (Å²) >= 11 is 0. The van der Waals surface area contributed by atoms with Crippen LogP contribution in [0.4, 0.5) is 0 Å². The number of rotatable bonds is 3. The van der Waals surface area contributed by atoms with Crippen LogP contribution >= 0.6 is 7.82 Å². The smallest absolute Gasteiger partial charge is 0.370 e. The summed E-state index contributed by atoms with van der Waals surface area (Å²) in [4.78, 5) is 28.3. The lowest BCUT2D eigenvalue weighted by molar-refractivity contribution is -0.136. The van der Waals surface area contributed by atoms with Crippen LogP contribution in [0, 0.1) is 0 Å². The summed E-state index contributed by atoms with van der Waals surface area (Å²) in [6, 6.07) is 0. The van der Waals surface area contributed by atoms with Crippen LogP contribution in [0.25, 0.3) is 0 Å². The first-order valence-electron chi connectivity index (χ1n) is 2.74. The highest BCUT2D eigenvalue weighted by Gasteiger charge is 2.20. The van der Waals surface area contributed by atoms with E-state index in [1.54, 1.807) is 14.1 Å². The Morgan fingerprint density at radius 1 is 1.55 bits per heavy atom. The molecular weight excluding hydrogens is 173 g/mol. The average Bonchev–Trinajstić information content (AvgIpc) is 1.53. The molecule has 0 aromatic heterocycles. The van der Waals surface area contributed by atoms with Crippen LogP contribution in [0.2, 0.25) is 0 Å². The van der Waals surface area contributed by atoms with Crippen LogP contribution in [-0.2, 0) is 13.9 Å². The van der Waals surface area contributed by atoms with Crippen molar-refractivity contribution in [3.05, 3.63) is 0 Å². The van der Waals surface area contributed by atoms with Gasteiger partial charge in [-0.05, 0) is 14.1 Å². The summed E-state index contributed by atoms with van der Waals surface area (Å²) in [5.41, 5.74) is 0. The van der Waals surface area contributed by atoms with E-state index in [9.17, 15) is 9.36 Å². The summed E-state index contributed by atoms with van der Waals surface area (Å²) in [5, 5.41) is 0. The van der Waals surface area contributed by atoms with E-state index >= 15 is 0 Å². The predicted octanol–water partition coefficient (Wildman–Crippen LogP) is -0.816. The van der Waals surface area contributed by atoms with E-state index in [1.807, 2.05) is 0 Å². The fraction of sp³-hybridized carbons (Fsp3) is 0.750. The molecule has 0 saturated carbocycles. The highest BCUT2D eigenvalue weighted by Crippen LogP contribution is 2.35. The lowest BCUT2D eigenvalue weighted by Crippen LogP contribution is -2.22. The second kappa shape index (κ2) is 3.82. The lowest BCUT2D eigenvalue weighted by atomic mass is 10.6. The molecule has 0 aliphatic rings. The van der Waals surface area contributed by atoms with Crippen molar-refractivity contribution in [2.45, 2.75) is 0 Å². The van der Waals surface area contributed by atoms with Crippen LogP contribution in [0.1, 0.15) is 0 Å². The Hall–Kier alpha value is -0.420. The van der Waals surface area contributed by atoms with Crippen molar-refractivity contribution in [1.29, 1.82) is 0 Å². The quantitative estimate of drug-likeness (QED) is 0.556. The molecule has 0 aliphatic carbocycles. The molecule has 6 nitrogen and oxygen atoms in total. The molecule has 0 aliphatic heterocycles. The summed E-state index contributed by atoms with van der Waals surface area (Å²) in [6.45, 7) is -0.148. The van der Waals surface area contributed by atoms with E-state index < -0.39 is 13.8 Å². The monoisotopic (exact) mass is 183 g/mol. The van der Waals surface area contributed by atoms with Gasteiger partial charge >= 0.3 is 13.8 Å². The molecule has 0 rings (SSSR count). The molecule has 0 unspecified atom stereocenters. The van der Waals surface area contributed by atoms with Crippen molar-refractivity contribution >= 4 is 13.8 Å². The minimum Gasteiger partial charge on any atom is -0.370 e. The first-order chi connectivity index (χ1) is 4.81. The van der Waals surface area contributed by atoms with Crippen molar-refractivity contribution in [2.24, 2.45) is 0 Å². The Morgan fingerprint density at radius 3 is 2.27 bits per heavy atom. The molecule has 11 heavy (non-hydrogen) atoms. The Balaban J connectivity index is 3.80. The fourth-order valence-electron chi connectivity index (χ4n) is 0.420. The average molecular weight is 183 g/mol. The van der Waals surface area contributed by atoms with Crippen molar-refractivity contribution in [2.75, 3.05) is 20.6 Å². The number of phosphoric acid groups is 1. The molecule has 0 radical (unpaired) electrons. The van der Waals surface area contributed by atoms with Gasteiger partial charge in [-0.2, -0.15) is 0 Å². The van der Waals surface area contributed by atoms with E-state index in [4.69, 9.17) is 9.79 Å². The standard InChI is InChI=1S/C4H10NO5P/c1-5(2)3-4(6)10-11(7,8)9/h3H2,1-2H3,(H2,7,8,9). The van der Waals surface area contributed by atoms with Gasteiger partial charge in [0.05, 0.1) is 6.54 Å². The Bertz CT molecular complexity index is 185. The molecule has 0 aromatic carbocycles. The molecule has 0 saturated heterocycles. The highest BCUT2D eigenvalue weighted by atomic mass is 31.2. The van der Waals surface area contributed by atoms with Crippen molar-refractivity contribution < 1.29 is 23.7 Å². The molecule has 0 fully saturated rings. The SMILES string of the molecule is CN(C)CC(=O)OP(=O)(O)O. The topological polar surface area (TPSA) is 87.1 Å². The van der Waals surface area contributed by atoms with E-state index in [2.05, 4.69) is 4.52 Å². The molecule has 7 heteroatoms. The second-order valence-electron chi connectivity index (χ2n) is 2.19. The van der Waals surface area contributed by atoms with E-state index in [0.717, 1.165) is 0 Å². The summed E-state index contributed by atoms with van der Waals surface area (Å²) in [5.74, 6) is -0.941. The second-order valence-corrected chi connectivity index (χ2v) is 3.36. The van der Waals surface area contributed by atoms with E-state index in [0.29, 0.717) is 0 Å². The Morgan fingerprint density at radius 2 is 2.00 bits per heavy atom. The van der Waals surface area contributed by atoms with Gasteiger partial charge < -0.3 is 4.52 Å². The highest BCUT2D eigenvalue weighted by molar-refractivity contribution is 7.46. The maximum Gasteiger partial charge on any atom is 0.527 e. The number of carbonyl (C=O) groups is 1. The number of hydrogen-bond acceptors (Lipinski definition) is 4. The lowest BCUT2D eigenvalue weighted by Gasteiger charge is -2.08. The molecule has 2 N–H and O–H groups in total. The molecular formula is C4H10NO5P. The van der Waals surface area contributed by atoms with Crippen LogP contribution in [0.5, 0.6) is 0 Å². The van der Waals surface area contributed by atoms with Gasteiger partial charge in [-0.25, -0.2) is 4.57 Å². The van der Waals surface area contributed by atoms with Crippen molar-refractivity contribution in [3.8, 4) is 0 Å². The number of carbonyl (C=O) groups excluding carboxylic acids is 1. The van der Waals surface area contributed by atoms with Gasteiger partial charge in [-0.3, -0.25) is 19.5 Å². The zero-order valence-electron chi connectivity index (χ0n) is 6.22. The van der Waals surface area contributed by atoms with Gasteiger partial charge in [0.2, 0.25) is 0 Å². The zero-order chi connectivity index (χ0) is 9.07. The minimum absolute atomic E-state index is 0.148. The molecule has 0 amide bonds. The Labute approximate surface area is 64.0 Å². The van der Waals surface area contributed by atoms with Gasteiger partial charge in [0.1, 0.15) is 0 Å². The molecule has 0 atom stereocenters. The van der Waals surface area contributed by atoms with Gasteiger partial charge in [-0.1, -0.05) is 0 Å². The summed E-state index contributed by atoms with van der Waals surface area (Å²) in [7, 11) is -1.49. The molecule has 0 spiro atoms. The largest absolute Gasteiger partial charge is 0.527 e. The normalized spacial score (nSPS) is 11.7. The Kier molecular flexibility index (Phi) is 3.68. The van der Waals surface area contributed by atoms with Gasteiger partial charge in [0, 0.05) is 0 Å². The first kappa shape index (κ1) is 10.6. The van der Waals surface area contributed by atoms with Crippen LogP contribution in [-0.4, -0.2) is 41.3 Å². The zero-order valence-corrected chi connectivity index (χ0v) is 7.12. The van der Waals surface area contributed by atoms with Crippen molar-refractivity contribution in [3.63, 3.8) is 0 Å². The maximum atomic E-state index is 10.5. The van der Waals surface area contributed by atoms with E-state index in [1.165, 1.54) is 4.90 Å². The summed E-state index contributed by atoms with van der Waals surface area (Å²) in [6.07, 6.45) is 0. The molecule has 66 valence electrons. The first-order valence-corrected chi connectivity index (χ1v) is 4.27. The fourth-order valence-corrected chi connectivity index (χ4v) is 0.743. The molecule has 0 bridgehead atoms. The number of phosphoric ester groups is 1. The molecule has 0 aromatic rings. The molecule has 0 heterocycles. The van der Waals surface area contributed by atoms with Gasteiger partial charge in [0.15, 0.2) is 0 Å². The van der Waals surface area contributed by atoms with Gasteiger partial charge in [-0.15, -0.1) is 0 Å². The number of nitrogens with zero attached hydrogens (tertiary/aromatic N) is 1. The van der Waals surface area contributed by atoms with Gasteiger partial charge in [0.25, 0.3) is 0 Å². The maximum absolute atomic E-state index is 10.5. The predicted molar refractivity (Wildman–Crippen MR) is 36.7 cm³/mol. The minimum atomic E-state index is -4.65. The number of likely N-dealkylation sites (N-methyl/N-ethyl adjacent to an activating group) is 1. The van der Waals surface area contributed by atoms with Crippen molar-refractivity contribution in [1.82, 2.24) is 4.90 Å². The van der Waals surface area contributed by atoms with Crippen LogP contribution in [0.3, 0.4) is 0 Å². The third kappa shape index (κ3) is 7.48.